The van der Waals surface area contributed by atoms with E-state index in [1.54, 1.807) is 59.2 Å². The zero-order valence-electron chi connectivity index (χ0n) is 16.3. The summed E-state index contributed by atoms with van der Waals surface area (Å²) in [5.41, 5.74) is 0.926. The van der Waals surface area contributed by atoms with Gasteiger partial charge in [-0.15, -0.1) is 16.8 Å². The monoisotopic (exact) mass is 475 g/mol. The Balaban J connectivity index is 1.62. The number of para-hydroxylation sites is 1. The second-order valence-electron chi connectivity index (χ2n) is 6.28. The molecular formula is C21H19Cl2N5O2S. The molecule has 3 aromatic rings. The van der Waals surface area contributed by atoms with E-state index in [-0.39, 0.29) is 24.1 Å². The van der Waals surface area contributed by atoms with Crippen LogP contribution in [-0.2, 0) is 17.9 Å². The summed E-state index contributed by atoms with van der Waals surface area (Å²) in [6.07, 6.45) is 1.69. The summed E-state index contributed by atoms with van der Waals surface area (Å²) >= 11 is 13.4. The smallest absolute Gasteiger partial charge is 0.253 e. The minimum absolute atomic E-state index is 0.118. The number of nitrogens with zero attached hydrogens (tertiary/aromatic N) is 3. The van der Waals surface area contributed by atoms with Crippen LogP contribution in [0.2, 0.25) is 10.0 Å². The van der Waals surface area contributed by atoms with Gasteiger partial charge < -0.3 is 15.2 Å². The molecule has 0 aliphatic carbocycles. The Labute approximate surface area is 193 Å². The molecule has 2 N–H and O–H groups in total. The largest absolute Gasteiger partial charge is 0.345 e. The quantitative estimate of drug-likeness (QED) is 0.352. The van der Waals surface area contributed by atoms with Gasteiger partial charge in [-0.1, -0.05) is 65.3 Å². The van der Waals surface area contributed by atoms with E-state index in [2.05, 4.69) is 27.4 Å². The standard InChI is InChI=1S/C21H19Cl2N5O2S/c1-2-11-28-18(12-24-20(30)14-7-3-4-8-15(14)22)26-27-21(28)31-13-19(29)25-17-10-6-5-9-16(17)23/h2-10H,1,11-13H2,(H,24,30)(H,25,29). The van der Waals surface area contributed by atoms with Crippen LogP contribution in [0, 0.1) is 0 Å². The third-order valence-corrected chi connectivity index (χ3v) is 5.74. The van der Waals surface area contributed by atoms with E-state index < -0.39 is 0 Å². The Kier molecular flexibility index (Phi) is 8.11. The van der Waals surface area contributed by atoms with Gasteiger partial charge in [0.15, 0.2) is 11.0 Å². The second-order valence-corrected chi connectivity index (χ2v) is 8.03. The van der Waals surface area contributed by atoms with Crippen LogP contribution in [0.1, 0.15) is 16.2 Å². The van der Waals surface area contributed by atoms with Crippen LogP contribution in [-0.4, -0.2) is 32.3 Å². The number of thioether (sulfide) groups is 1. The first kappa shape index (κ1) is 22.9. The Morgan fingerprint density at radius 1 is 1.06 bits per heavy atom. The molecule has 2 aromatic carbocycles. The van der Waals surface area contributed by atoms with E-state index in [4.69, 9.17) is 23.2 Å². The van der Waals surface area contributed by atoms with Gasteiger partial charge in [-0.25, -0.2) is 0 Å². The summed E-state index contributed by atoms with van der Waals surface area (Å²) in [4.78, 5) is 24.7. The molecule has 0 fully saturated rings. The van der Waals surface area contributed by atoms with E-state index in [0.29, 0.717) is 38.8 Å². The Morgan fingerprint density at radius 3 is 2.48 bits per heavy atom. The molecule has 0 aliphatic rings. The molecule has 10 heteroatoms. The molecular weight excluding hydrogens is 457 g/mol. The lowest BCUT2D eigenvalue weighted by atomic mass is 10.2. The van der Waals surface area contributed by atoms with Gasteiger partial charge >= 0.3 is 0 Å². The highest BCUT2D eigenvalue weighted by atomic mass is 35.5. The molecule has 0 spiro atoms. The molecule has 0 unspecified atom stereocenters. The summed E-state index contributed by atoms with van der Waals surface area (Å²) in [7, 11) is 0. The Bertz CT molecular complexity index is 1100. The molecule has 2 amide bonds. The molecule has 1 aromatic heterocycles. The van der Waals surface area contributed by atoms with Crippen LogP contribution in [0.25, 0.3) is 0 Å². The maximum absolute atomic E-state index is 12.4. The van der Waals surface area contributed by atoms with Crippen molar-refractivity contribution in [3.8, 4) is 0 Å². The van der Waals surface area contributed by atoms with Crippen molar-refractivity contribution < 1.29 is 9.59 Å². The Morgan fingerprint density at radius 2 is 1.77 bits per heavy atom. The summed E-state index contributed by atoms with van der Waals surface area (Å²) in [5, 5.41) is 15.2. The summed E-state index contributed by atoms with van der Waals surface area (Å²) in [6.45, 7) is 4.33. The number of amides is 2. The predicted molar refractivity (Wildman–Crippen MR) is 124 cm³/mol. The molecule has 160 valence electrons. The van der Waals surface area contributed by atoms with Gasteiger partial charge in [0.2, 0.25) is 5.91 Å². The third kappa shape index (κ3) is 6.10. The maximum Gasteiger partial charge on any atom is 0.253 e. The van der Waals surface area contributed by atoms with E-state index in [1.807, 2.05) is 0 Å². The molecule has 0 bridgehead atoms. The zero-order chi connectivity index (χ0) is 22.2. The zero-order valence-corrected chi connectivity index (χ0v) is 18.7. The minimum Gasteiger partial charge on any atom is -0.345 e. The lowest BCUT2D eigenvalue weighted by Gasteiger charge is -2.10. The highest BCUT2D eigenvalue weighted by molar-refractivity contribution is 7.99. The van der Waals surface area contributed by atoms with Crippen LogP contribution in [0.4, 0.5) is 5.69 Å². The number of benzene rings is 2. The molecule has 0 saturated carbocycles. The predicted octanol–water partition coefficient (Wildman–Crippen LogP) is 4.43. The molecule has 0 radical (unpaired) electrons. The SMILES string of the molecule is C=CCn1c(CNC(=O)c2ccccc2Cl)nnc1SCC(=O)Nc1ccccc1Cl. The number of aromatic nitrogens is 3. The van der Waals surface area contributed by atoms with E-state index in [0.717, 1.165) is 0 Å². The van der Waals surface area contributed by atoms with Crippen molar-refractivity contribution in [2.75, 3.05) is 11.1 Å². The first-order valence-corrected chi connectivity index (χ1v) is 11.0. The lowest BCUT2D eigenvalue weighted by molar-refractivity contribution is -0.113. The van der Waals surface area contributed by atoms with Gasteiger partial charge in [-0.2, -0.15) is 0 Å². The third-order valence-electron chi connectivity index (χ3n) is 4.11. The van der Waals surface area contributed by atoms with E-state index in [9.17, 15) is 9.59 Å². The number of hydrogen-bond acceptors (Lipinski definition) is 5. The van der Waals surface area contributed by atoms with E-state index in [1.165, 1.54) is 11.8 Å². The number of halogens is 2. The van der Waals surface area contributed by atoms with Crippen molar-refractivity contribution >= 4 is 52.5 Å². The Hall–Kier alpha value is -2.81. The summed E-state index contributed by atoms with van der Waals surface area (Å²) < 4.78 is 1.79. The van der Waals surface area contributed by atoms with Gasteiger partial charge in [0.1, 0.15) is 0 Å². The van der Waals surface area contributed by atoms with Crippen molar-refractivity contribution in [3.63, 3.8) is 0 Å². The van der Waals surface area contributed by atoms with Gasteiger partial charge in [-0.3, -0.25) is 9.59 Å². The fourth-order valence-corrected chi connectivity index (χ4v) is 3.82. The van der Waals surface area contributed by atoms with Gasteiger partial charge in [0, 0.05) is 6.54 Å². The summed E-state index contributed by atoms with van der Waals surface area (Å²) in [5.74, 6) is 0.119. The van der Waals surface area contributed by atoms with Crippen LogP contribution in [0.5, 0.6) is 0 Å². The fourth-order valence-electron chi connectivity index (χ4n) is 2.65. The molecule has 3 rings (SSSR count). The van der Waals surface area contributed by atoms with Gasteiger partial charge in [0.05, 0.1) is 33.6 Å². The van der Waals surface area contributed by atoms with Crippen LogP contribution in [0.3, 0.4) is 0 Å². The normalized spacial score (nSPS) is 10.5. The molecule has 31 heavy (non-hydrogen) atoms. The average Bonchev–Trinajstić information content (AvgIpc) is 3.14. The topological polar surface area (TPSA) is 88.9 Å². The van der Waals surface area contributed by atoms with Gasteiger partial charge in [0.25, 0.3) is 5.91 Å². The number of rotatable bonds is 9. The minimum atomic E-state index is -0.313. The molecule has 0 atom stereocenters. The highest BCUT2D eigenvalue weighted by Crippen LogP contribution is 2.22. The number of nitrogens with one attached hydrogen (secondary N) is 2. The van der Waals surface area contributed by atoms with Crippen LogP contribution in [0.15, 0.2) is 66.3 Å². The summed E-state index contributed by atoms with van der Waals surface area (Å²) in [6, 6.07) is 13.8. The molecule has 1 heterocycles. The number of hydrogen-bond donors (Lipinski definition) is 2. The molecule has 0 aliphatic heterocycles. The lowest BCUT2D eigenvalue weighted by Crippen LogP contribution is -2.25. The number of allylic oxidation sites excluding steroid dienone is 1. The van der Waals surface area contributed by atoms with E-state index >= 15 is 0 Å². The number of anilines is 1. The van der Waals surface area contributed by atoms with Crippen molar-refractivity contribution in [2.24, 2.45) is 0 Å². The number of carbonyl (C=O) groups is 2. The van der Waals surface area contributed by atoms with Crippen LogP contribution >= 0.6 is 35.0 Å². The fraction of sp³-hybridized carbons (Fsp3) is 0.143. The van der Waals surface area contributed by atoms with Crippen molar-refractivity contribution in [1.29, 1.82) is 0 Å². The van der Waals surface area contributed by atoms with Crippen molar-refractivity contribution in [2.45, 2.75) is 18.2 Å². The van der Waals surface area contributed by atoms with Crippen LogP contribution < -0.4 is 10.6 Å². The second kappa shape index (κ2) is 11.0. The first-order valence-electron chi connectivity index (χ1n) is 9.22. The highest BCUT2D eigenvalue weighted by Gasteiger charge is 2.16. The molecule has 7 nitrogen and oxygen atoms in total. The average molecular weight is 476 g/mol. The van der Waals surface area contributed by atoms with Crippen molar-refractivity contribution in [3.05, 3.63) is 82.6 Å². The number of carbonyl (C=O) groups excluding carboxylic acids is 2. The molecule has 0 saturated heterocycles. The maximum atomic E-state index is 12.4. The van der Waals surface area contributed by atoms with Gasteiger partial charge in [-0.05, 0) is 24.3 Å². The first-order chi connectivity index (χ1) is 15.0. The van der Waals surface area contributed by atoms with Crippen molar-refractivity contribution in [1.82, 2.24) is 20.1 Å².